The SMILES string of the molecule is C=CCOC(=O)[C@@H]1[C@H]2C(=O)N([C@H](C)CO)C(C(=O)N(CC=C)C(C)(C)C)C23CC(C)[C@@]1(C)O3. The summed E-state index contributed by atoms with van der Waals surface area (Å²) in [5.74, 6) is -2.92. The number of hydrogen-bond donors (Lipinski definition) is 1. The third kappa shape index (κ3) is 3.62. The van der Waals surface area contributed by atoms with E-state index in [-0.39, 0.29) is 30.9 Å². The number of aliphatic hydroxyl groups excluding tert-OH is 1. The van der Waals surface area contributed by atoms with Gasteiger partial charge in [-0.05, 0) is 47.0 Å². The van der Waals surface area contributed by atoms with Crippen LogP contribution in [0, 0.1) is 17.8 Å². The zero-order valence-electron chi connectivity index (χ0n) is 20.7. The zero-order valence-corrected chi connectivity index (χ0v) is 20.7. The van der Waals surface area contributed by atoms with Crippen molar-refractivity contribution in [3.8, 4) is 0 Å². The molecule has 3 unspecified atom stereocenters. The molecule has 2 amide bonds. The lowest BCUT2D eigenvalue weighted by molar-refractivity contribution is -0.163. The summed E-state index contributed by atoms with van der Waals surface area (Å²) in [5.41, 5.74) is -2.64. The Labute approximate surface area is 196 Å². The fraction of sp³-hybridized carbons (Fsp3) is 0.720. The number of nitrogens with zero attached hydrogens (tertiary/aromatic N) is 2. The third-order valence-corrected chi connectivity index (χ3v) is 7.71. The summed E-state index contributed by atoms with van der Waals surface area (Å²) < 4.78 is 12.0. The molecule has 0 aliphatic carbocycles. The van der Waals surface area contributed by atoms with E-state index in [1.165, 1.54) is 11.0 Å². The van der Waals surface area contributed by atoms with Gasteiger partial charge >= 0.3 is 5.97 Å². The van der Waals surface area contributed by atoms with Crippen LogP contribution in [0.25, 0.3) is 0 Å². The smallest absolute Gasteiger partial charge is 0.313 e. The maximum atomic E-state index is 14.1. The summed E-state index contributed by atoms with van der Waals surface area (Å²) >= 11 is 0. The Bertz CT molecular complexity index is 850. The van der Waals surface area contributed by atoms with Gasteiger partial charge in [-0.1, -0.05) is 25.7 Å². The summed E-state index contributed by atoms with van der Waals surface area (Å²) in [6.07, 6.45) is 3.59. The van der Waals surface area contributed by atoms with Crippen molar-refractivity contribution in [2.75, 3.05) is 19.8 Å². The predicted molar refractivity (Wildman–Crippen MR) is 123 cm³/mol. The van der Waals surface area contributed by atoms with Gasteiger partial charge in [-0.15, -0.1) is 6.58 Å². The molecule has 1 spiro atoms. The number of esters is 1. The second kappa shape index (κ2) is 8.55. The molecule has 2 bridgehead atoms. The first-order valence-corrected chi connectivity index (χ1v) is 11.6. The maximum Gasteiger partial charge on any atom is 0.313 e. The van der Waals surface area contributed by atoms with E-state index in [1.54, 1.807) is 17.9 Å². The number of amides is 2. The van der Waals surface area contributed by atoms with Crippen LogP contribution in [-0.4, -0.2) is 81.3 Å². The second-order valence-electron chi connectivity index (χ2n) is 10.8. The number of hydrogen-bond acceptors (Lipinski definition) is 6. The van der Waals surface area contributed by atoms with Crippen LogP contribution in [0.1, 0.15) is 48.0 Å². The number of carbonyl (C=O) groups excluding carboxylic acids is 3. The van der Waals surface area contributed by atoms with Crippen LogP contribution in [-0.2, 0) is 23.9 Å². The topological polar surface area (TPSA) is 96.4 Å². The molecule has 0 saturated carbocycles. The zero-order chi connectivity index (χ0) is 24.9. The van der Waals surface area contributed by atoms with E-state index in [4.69, 9.17) is 9.47 Å². The van der Waals surface area contributed by atoms with Gasteiger partial charge in [0.05, 0.1) is 24.2 Å². The molecule has 3 heterocycles. The lowest BCUT2D eigenvalue weighted by atomic mass is 9.62. The molecule has 1 N–H and O–H groups in total. The van der Waals surface area contributed by atoms with E-state index >= 15 is 0 Å². The number of aliphatic hydroxyl groups is 1. The molecule has 3 aliphatic rings. The fourth-order valence-corrected chi connectivity index (χ4v) is 6.08. The van der Waals surface area contributed by atoms with Gasteiger partial charge in [0.2, 0.25) is 11.8 Å². The average molecular weight is 463 g/mol. The Morgan fingerprint density at radius 1 is 1.36 bits per heavy atom. The van der Waals surface area contributed by atoms with Crippen LogP contribution < -0.4 is 0 Å². The highest BCUT2D eigenvalue weighted by atomic mass is 16.6. The molecule has 3 saturated heterocycles. The Balaban J connectivity index is 2.16. The van der Waals surface area contributed by atoms with E-state index in [0.717, 1.165) is 0 Å². The number of likely N-dealkylation sites (tertiary alicyclic amines) is 1. The van der Waals surface area contributed by atoms with Crippen molar-refractivity contribution < 1.29 is 29.0 Å². The van der Waals surface area contributed by atoms with E-state index < -0.39 is 46.6 Å². The molecule has 8 heteroatoms. The van der Waals surface area contributed by atoms with Gasteiger partial charge in [0.1, 0.15) is 24.2 Å². The standard InChI is InChI=1S/C25H38N2O6/c1-9-11-26(23(5,6)7)21(30)19-25-13-15(3)24(8,33-25)18(22(31)32-12-10-2)17(25)20(29)27(19)16(4)14-28/h9-10,15-19,28H,1-2,11-14H2,3-8H3/t15?,16-,17+,18+,19?,24-,25?/m1/s1. The van der Waals surface area contributed by atoms with Crippen molar-refractivity contribution >= 4 is 17.8 Å². The minimum Gasteiger partial charge on any atom is -0.461 e. The van der Waals surface area contributed by atoms with E-state index in [1.807, 2.05) is 34.6 Å². The van der Waals surface area contributed by atoms with Crippen LogP contribution in [0.3, 0.4) is 0 Å². The molecule has 8 nitrogen and oxygen atoms in total. The Kier molecular flexibility index (Phi) is 6.59. The monoisotopic (exact) mass is 462 g/mol. The lowest BCUT2D eigenvalue weighted by Crippen LogP contribution is -2.61. The largest absolute Gasteiger partial charge is 0.461 e. The number of rotatable bonds is 8. The quantitative estimate of drug-likeness (QED) is 0.437. The van der Waals surface area contributed by atoms with Gasteiger partial charge in [-0.25, -0.2) is 0 Å². The molecule has 0 aromatic heterocycles. The minimum atomic E-state index is -1.17. The van der Waals surface area contributed by atoms with Crippen molar-refractivity contribution in [1.82, 2.24) is 9.80 Å². The van der Waals surface area contributed by atoms with Gasteiger partial charge < -0.3 is 24.4 Å². The molecule has 3 rings (SSSR count). The molecule has 3 aliphatic heterocycles. The highest BCUT2D eigenvalue weighted by Crippen LogP contribution is 2.65. The Morgan fingerprint density at radius 3 is 2.52 bits per heavy atom. The summed E-state index contributed by atoms with van der Waals surface area (Å²) in [6, 6.07) is -1.58. The first-order chi connectivity index (χ1) is 15.3. The minimum absolute atomic E-state index is 0.0317. The van der Waals surface area contributed by atoms with Crippen molar-refractivity contribution in [3.05, 3.63) is 25.3 Å². The van der Waals surface area contributed by atoms with Crippen LogP contribution in [0.15, 0.2) is 25.3 Å². The van der Waals surface area contributed by atoms with E-state index in [0.29, 0.717) is 13.0 Å². The molecule has 0 aromatic rings. The van der Waals surface area contributed by atoms with Gasteiger partial charge in [-0.3, -0.25) is 14.4 Å². The van der Waals surface area contributed by atoms with Crippen LogP contribution in [0.4, 0.5) is 0 Å². The van der Waals surface area contributed by atoms with Crippen LogP contribution in [0.2, 0.25) is 0 Å². The molecular formula is C25H38N2O6. The first-order valence-electron chi connectivity index (χ1n) is 11.6. The van der Waals surface area contributed by atoms with Gasteiger partial charge in [-0.2, -0.15) is 0 Å². The number of fused-ring (bicyclic) bond motifs is 1. The highest BCUT2D eigenvalue weighted by molar-refractivity contribution is 5.99. The second-order valence-corrected chi connectivity index (χ2v) is 10.8. The van der Waals surface area contributed by atoms with E-state index in [9.17, 15) is 19.5 Å². The summed E-state index contributed by atoms with van der Waals surface area (Å²) in [4.78, 5) is 44.3. The van der Waals surface area contributed by atoms with E-state index in [2.05, 4.69) is 13.2 Å². The van der Waals surface area contributed by atoms with Crippen LogP contribution in [0.5, 0.6) is 0 Å². The average Bonchev–Trinajstić information content (AvgIpc) is 3.25. The van der Waals surface area contributed by atoms with Crippen molar-refractivity contribution in [3.63, 3.8) is 0 Å². The molecule has 0 radical (unpaired) electrons. The van der Waals surface area contributed by atoms with Gasteiger partial charge in [0.15, 0.2) is 0 Å². The van der Waals surface area contributed by atoms with Crippen molar-refractivity contribution in [1.29, 1.82) is 0 Å². The Morgan fingerprint density at radius 2 is 2.00 bits per heavy atom. The Hall–Kier alpha value is -2.19. The lowest BCUT2D eigenvalue weighted by Gasteiger charge is -2.43. The number of carbonyl (C=O) groups is 3. The molecular weight excluding hydrogens is 424 g/mol. The highest BCUT2D eigenvalue weighted by Gasteiger charge is 2.80. The number of ether oxygens (including phenoxy) is 2. The van der Waals surface area contributed by atoms with Gasteiger partial charge in [0, 0.05) is 12.1 Å². The molecule has 0 aromatic carbocycles. The van der Waals surface area contributed by atoms with Crippen molar-refractivity contribution in [2.24, 2.45) is 17.8 Å². The molecule has 3 fully saturated rings. The van der Waals surface area contributed by atoms with Crippen LogP contribution >= 0.6 is 0 Å². The molecule has 184 valence electrons. The van der Waals surface area contributed by atoms with Gasteiger partial charge in [0.25, 0.3) is 0 Å². The summed E-state index contributed by atoms with van der Waals surface area (Å²) in [7, 11) is 0. The molecule has 7 atom stereocenters. The first kappa shape index (κ1) is 25.4. The maximum absolute atomic E-state index is 14.1. The predicted octanol–water partition coefficient (Wildman–Crippen LogP) is 1.92. The van der Waals surface area contributed by atoms with Crippen molar-refractivity contribution in [2.45, 2.75) is 76.8 Å². The fourth-order valence-electron chi connectivity index (χ4n) is 6.08. The third-order valence-electron chi connectivity index (χ3n) is 7.71. The molecule has 33 heavy (non-hydrogen) atoms. The summed E-state index contributed by atoms with van der Waals surface area (Å²) in [5, 5.41) is 9.96. The normalized spacial score (nSPS) is 35.8. The summed E-state index contributed by atoms with van der Waals surface area (Å²) in [6.45, 7) is 18.7.